The molecule has 1 aliphatic heterocycles. The van der Waals surface area contributed by atoms with E-state index in [0.717, 1.165) is 0 Å². The predicted molar refractivity (Wildman–Crippen MR) is 66.3 cm³/mol. The van der Waals surface area contributed by atoms with Gasteiger partial charge in [0.15, 0.2) is 6.10 Å². The van der Waals surface area contributed by atoms with Crippen LogP contribution in [0.1, 0.15) is 24.2 Å². The lowest BCUT2D eigenvalue weighted by atomic mass is 10.1. The molecule has 0 bridgehead atoms. The van der Waals surface area contributed by atoms with E-state index in [-0.39, 0.29) is 5.92 Å². The van der Waals surface area contributed by atoms with Crippen molar-refractivity contribution in [3.8, 4) is 0 Å². The number of ether oxygens (including phenoxy) is 3. The molecule has 0 radical (unpaired) electrons. The molecule has 0 unspecified atom stereocenters. The SMILES string of the molecule is CC(=O)O[C@H]1OC[C@H](C)[C@H]1OC(=O)c1ccccc1. The Labute approximate surface area is 111 Å². The van der Waals surface area contributed by atoms with E-state index in [9.17, 15) is 9.59 Å². The Morgan fingerprint density at radius 3 is 2.53 bits per heavy atom. The highest BCUT2D eigenvalue weighted by Crippen LogP contribution is 2.25. The molecule has 1 heterocycles. The number of rotatable bonds is 3. The fourth-order valence-corrected chi connectivity index (χ4v) is 1.91. The van der Waals surface area contributed by atoms with Crippen LogP contribution in [0.4, 0.5) is 0 Å². The first-order valence-electron chi connectivity index (χ1n) is 6.13. The van der Waals surface area contributed by atoms with E-state index in [1.807, 2.05) is 13.0 Å². The maximum Gasteiger partial charge on any atom is 0.338 e. The molecule has 0 N–H and O–H groups in total. The molecule has 0 aliphatic carbocycles. The molecule has 0 spiro atoms. The van der Waals surface area contributed by atoms with Crippen molar-refractivity contribution in [1.29, 1.82) is 0 Å². The zero-order valence-corrected chi connectivity index (χ0v) is 10.9. The molecule has 102 valence electrons. The maximum atomic E-state index is 12.0. The van der Waals surface area contributed by atoms with Crippen LogP contribution in [0.3, 0.4) is 0 Å². The first kappa shape index (κ1) is 13.5. The number of carbonyl (C=O) groups excluding carboxylic acids is 2. The molecule has 1 aromatic carbocycles. The van der Waals surface area contributed by atoms with Crippen molar-refractivity contribution in [3.63, 3.8) is 0 Å². The summed E-state index contributed by atoms with van der Waals surface area (Å²) in [5.74, 6) is -0.919. The molecule has 5 nitrogen and oxygen atoms in total. The normalized spacial score (nSPS) is 25.9. The van der Waals surface area contributed by atoms with Crippen LogP contribution in [0, 0.1) is 5.92 Å². The summed E-state index contributed by atoms with van der Waals surface area (Å²) in [5.41, 5.74) is 0.461. The minimum atomic E-state index is -0.819. The van der Waals surface area contributed by atoms with Crippen LogP contribution >= 0.6 is 0 Å². The van der Waals surface area contributed by atoms with Crippen molar-refractivity contribution < 1.29 is 23.8 Å². The van der Waals surface area contributed by atoms with Gasteiger partial charge in [0, 0.05) is 12.8 Å². The van der Waals surface area contributed by atoms with Gasteiger partial charge < -0.3 is 14.2 Å². The molecule has 1 aliphatic rings. The standard InChI is InChI=1S/C14H16O5/c1-9-8-17-14(18-10(2)15)12(9)19-13(16)11-6-4-3-5-7-11/h3-7,9,12,14H,8H2,1-2H3/t9-,12+,14+/m0/s1. The third-order valence-electron chi connectivity index (χ3n) is 2.89. The third-order valence-corrected chi connectivity index (χ3v) is 2.89. The molecule has 0 aromatic heterocycles. The van der Waals surface area contributed by atoms with Gasteiger partial charge in [0.05, 0.1) is 12.2 Å². The van der Waals surface area contributed by atoms with E-state index in [1.54, 1.807) is 24.3 Å². The molecular formula is C14H16O5. The van der Waals surface area contributed by atoms with Crippen molar-refractivity contribution in [1.82, 2.24) is 0 Å². The fraction of sp³-hybridized carbons (Fsp3) is 0.429. The van der Waals surface area contributed by atoms with Crippen molar-refractivity contribution in [2.75, 3.05) is 6.61 Å². The van der Waals surface area contributed by atoms with Crippen LogP contribution in [-0.2, 0) is 19.0 Å². The first-order chi connectivity index (χ1) is 9.08. The highest BCUT2D eigenvalue weighted by molar-refractivity contribution is 5.89. The molecule has 3 atom stereocenters. The second-order valence-electron chi connectivity index (χ2n) is 4.52. The molecular weight excluding hydrogens is 248 g/mol. The van der Waals surface area contributed by atoms with E-state index in [0.29, 0.717) is 12.2 Å². The van der Waals surface area contributed by atoms with E-state index in [4.69, 9.17) is 14.2 Å². The van der Waals surface area contributed by atoms with Gasteiger partial charge in [-0.25, -0.2) is 4.79 Å². The summed E-state index contributed by atoms with van der Waals surface area (Å²) in [6.45, 7) is 3.57. The van der Waals surface area contributed by atoms with Gasteiger partial charge >= 0.3 is 11.9 Å². The van der Waals surface area contributed by atoms with Gasteiger partial charge in [-0.15, -0.1) is 0 Å². The lowest BCUT2D eigenvalue weighted by Gasteiger charge is -2.20. The van der Waals surface area contributed by atoms with Gasteiger partial charge in [-0.1, -0.05) is 25.1 Å². The zero-order valence-electron chi connectivity index (χ0n) is 10.9. The van der Waals surface area contributed by atoms with Crippen LogP contribution in [0.15, 0.2) is 30.3 Å². The molecule has 0 saturated carbocycles. The average Bonchev–Trinajstić information content (AvgIpc) is 2.72. The summed E-state index contributed by atoms with van der Waals surface area (Å²) in [4.78, 5) is 22.9. The summed E-state index contributed by atoms with van der Waals surface area (Å²) in [6.07, 6.45) is -1.39. The molecule has 1 aromatic rings. The lowest BCUT2D eigenvalue weighted by molar-refractivity contribution is -0.180. The number of hydrogen-bond donors (Lipinski definition) is 0. The minimum absolute atomic E-state index is 0.0167. The fourth-order valence-electron chi connectivity index (χ4n) is 1.91. The molecule has 2 rings (SSSR count). The van der Waals surface area contributed by atoms with Crippen LogP contribution in [0.2, 0.25) is 0 Å². The van der Waals surface area contributed by atoms with E-state index in [2.05, 4.69) is 0 Å². The third kappa shape index (κ3) is 3.32. The monoisotopic (exact) mass is 264 g/mol. The summed E-state index contributed by atoms with van der Waals surface area (Å²) in [7, 11) is 0. The van der Waals surface area contributed by atoms with Crippen molar-refractivity contribution >= 4 is 11.9 Å². The lowest BCUT2D eigenvalue weighted by Crippen LogP contribution is -2.34. The molecule has 19 heavy (non-hydrogen) atoms. The Kier molecular flexibility index (Phi) is 4.16. The van der Waals surface area contributed by atoms with Crippen LogP contribution in [0.25, 0.3) is 0 Å². The van der Waals surface area contributed by atoms with Gasteiger partial charge in [0.2, 0.25) is 6.29 Å². The second-order valence-corrected chi connectivity index (χ2v) is 4.52. The van der Waals surface area contributed by atoms with Gasteiger partial charge in [-0.2, -0.15) is 0 Å². The number of hydrogen-bond acceptors (Lipinski definition) is 5. The maximum absolute atomic E-state index is 12.0. The van der Waals surface area contributed by atoms with Crippen molar-refractivity contribution in [2.45, 2.75) is 26.2 Å². The van der Waals surface area contributed by atoms with Crippen LogP contribution < -0.4 is 0 Å². The quantitative estimate of drug-likeness (QED) is 0.778. The zero-order chi connectivity index (χ0) is 13.8. The predicted octanol–water partition coefficient (Wildman–Crippen LogP) is 1.77. The highest BCUT2D eigenvalue weighted by atomic mass is 16.7. The largest absolute Gasteiger partial charge is 0.452 e. The molecule has 0 amide bonds. The van der Waals surface area contributed by atoms with E-state index >= 15 is 0 Å². The number of esters is 2. The summed E-state index contributed by atoms with van der Waals surface area (Å²) in [5, 5.41) is 0. The summed E-state index contributed by atoms with van der Waals surface area (Å²) < 4.78 is 15.7. The Hall–Kier alpha value is -1.88. The number of carbonyl (C=O) groups is 2. The molecule has 1 saturated heterocycles. The molecule has 1 fully saturated rings. The number of benzene rings is 1. The van der Waals surface area contributed by atoms with E-state index in [1.165, 1.54) is 6.92 Å². The highest BCUT2D eigenvalue weighted by Gasteiger charge is 2.40. The van der Waals surface area contributed by atoms with Crippen molar-refractivity contribution in [3.05, 3.63) is 35.9 Å². The Morgan fingerprint density at radius 1 is 1.21 bits per heavy atom. The topological polar surface area (TPSA) is 61.8 Å². The smallest absolute Gasteiger partial charge is 0.338 e. The van der Waals surface area contributed by atoms with Gasteiger partial charge in [-0.05, 0) is 12.1 Å². The first-order valence-corrected chi connectivity index (χ1v) is 6.13. The van der Waals surface area contributed by atoms with Crippen LogP contribution in [-0.4, -0.2) is 30.9 Å². The van der Waals surface area contributed by atoms with E-state index < -0.39 is 24.3 Å². The average molecular weight is 264 g/mol. The van der Waals surface area contributed by atoms with Gasteiger partial charge in [0.1, 0.15) is 0 Å². The van der Waals surface area contributed by atoms with Gasteiger partial charge in [-0.3, -0.25) is 4.79 Å². The van der Waals surface area contributed by atoms with Crippen LogP contribution in [0.5, 0.6) is 0 Å². The van der Waals surface area contributed by atoms with Crippen molar-refractivity contribution in [2.24, 2.45) is 5.92 Å². The summed E-state index contributed by atoms with van der Waals surface area (Å²) >= 11 is 0. The minimum Gasteiger partial charge on any atom is -0.452 e. The summed E-state index contributed by atoms with van der Waals surface area (Å²) in [6, 6.07) is 8.68. The Morgan fingerprint density at radius 2 is 1.89 bits per heavy atom. The Balaban J connectivity index is 2.03. The second kappa shape index (κ2) is 5.84. The Bertz CT molecular complexity index is 456. The molecule has 5 heteroatoms. The van der Waals surface area contributed by atoms with Gasteiger partial charge in [0.25, 0.3) is 0 Å².